The summed E-state index contributed by atoms with van der Waals surface area (Å²) in [6, 6.07) is 9.22. The molecule has 0 aliphatic heterocycles. The highest BCUT2D eigenvalue weighted by Gasteiger charge is 2.31. The average Bonchev–Trinajstić information content (AvgIpc) is 2.53. The van der Waals surface area contributed by atoms with Crippen LogP contribution < -0.4 is 15.6 Å². The van der Waals surface area contributed by atoms with Crippen molar-refractivity contribution in [2.24, 2.45) is 0 Å². The van der Waals surface area contributed by atoms with Gasteiger partial charge in [0.15, 0.2) is 11.8 Å². The summed E-state index contributed by atoms with van der Waals surface area (Å²) in [5.74, 6) is -1.12. The van der Waals surface area contributed by atoms with Gasteiger partial charge in [-0.05, 0) is 42.5 Å². The second-order valence-electron chi connectivity index (χ2n) is 4.93. The largest absolute Gasteiger partial charge is 0.573 e. The number of ketones is 1. The number of alkyl halides is 3. The van der Waals surface area contributed by atoms with Crippen LogP contribution in [0.5, 0.6) is 5.75 Å². The summed E-state index contributed by atoms with van der Waals surface area (Å²) in [7, 11) is 0. The predicted molar refractivity (Wildman–Crippen MR) is 90.1 cm³/mol. The third-order valence-electron chi connectivity index (χ3n) is 2.99. The van der Waals surface area contributed by atoms with E-state index in [-0.39, 0.29) is 5.56 Å². The van der Waals surface area contributed by atoms with Crippen LogP contribution in [0.2, 0.25) is 10.0 Å². The number of Topliss-reactive ketones (excluding diaryl/α,β-unsaturated/α-hetero) is 1. The standard InChI is InChI=1S/C16H10Cl2F3N3O2/c17-10-5-11(18)7-12(6-10)23-24-14(8-22)15(25)9-1-3-13(4-2-9)26-16(19,20)21/h1-7,14,23-24H. The molecule has 0 aromatic heterocycles. The molecule has 0 amide bonds. The summed E-state index contributed by atoms with van der Waals surface area (Å²) in [6.45, 7) is 0. The molecule has 0 aliphatic carbocycles. The highest BCUT2D eigenvalue weighted by atomic mass is 35.5. The van der Waals surface area contributed by atoms with Gasteiger partial charge in [0, 0.05) is 15.6 Å². The van der Waals surface area contributed by atoms with Gasteiger partial charge in [0.2, 0.25) is 0 Å². The molecule has 2 aromatic rings. The zero-order valence-electron chi connectivity index (χ0n) is 12.8. The number of anilines is 1. The van der Waals surface area contributed by atoms with Gasteiger partial charge >= 0.3 is 6.36 Å². The lowest BCUT2D eigenvalue weighted by atomic mass is 10.1. The molecule has 0 saturated heterocycles. The van der Waals surface area contributed by atoms with Crippen molar-refractivity contribution in [2.45, 2.75) is 12.4 Å². The first-order valence-corrected chi connectivity index (χ1v) is 7.71. The Morgan fingerprint density at radius 3 is 2.19 bits per heavy atom. The predicted octanol–water partition coefficient (Wildman–Crippen LogP) is 4.58. The van der Waals surface area contributed by atoms with E-state index < -0.39 is 23.9 Å². The van der Waals surface area contributed by atoms with Gasteiger partial charge in [-0.25, -0.2) is 5.43 Å². The van der Waals surface area contributed by atoms with Crippen molar-refractivity contribution in [1.29, 1.82) is 5.26 Å². The monoisotopic (exact) mass is 403 g/mol. The van der Waals surface area contributed by atoms with E-state index in [4.69, 9.17) is 28.5 Å². The SMILES string of the molecule is N#CC(NNc1cc(Cl)cc(Cl)c1)C(=O)c1ccc(OC(F)(F)F)cc1. The summed E-state index contributed by atoms with van der Waals surface area (Å²) in [5, 5.41) is 9.85. The molecule has 10 heteroatoms. The van der Waals surface area contributed by atoms with E-state index >= 15 is 0 Å². The van der Waals surface area contributed by atoms with Crippen LogP contribution in [-0.4, -0.2) is 18.2 Å². The molecule has 1 unspecified atom stereocenters. The van der Waals surface area contributed by atoms with E-state index in [0.29, 0.717) is 15.7 Å². The van der Waals surface area contributed by atoms with E-state index in [2.05, 4.69) is 15.6 Å². The number of halogens is 5. The van der Waals surface area contributed by atoms with Crippen molar-refractivity contribution in [3.05, 3.63) is 58.1 Å². The molecule has 1 atom stereocenters. The van der Waals surface area contributed by atoms with E-state index in [1.54, 1.807) is 6.07 Å². The van der Waals surface area contributed by atoms with Crippen LogP contribution in [0.4, 0.5) is 18.9 Å². The number of hydrazine groups is 1. The molecule has 26 heavy (non-hydrogen) atoms. The van der Waals surface area contributed by atoms with Crippen LogP contribution >= 0.6 is 23.2 Å². The number of hydrogen-bond donors (Lipinski definition) is 2. The Bertz CT molecular complexity index is 816. The number of nitrogens with one attached hydrogen (secondary N) is 2. The molecule has 2 rings (SSSR count). The van der Waals surface area contributed by atoms with Crippen molar-refractivity contribution in [2.75, 3.05) is 5.43 Å². The van der Waals surface area contributed by atoms with Crippen LogP contribution in [0.25, 0.3) is 0 Å². The van der Waals surface area contributed by atoms with E-state index in [9.17, 15) is 18.0 Å². The molecule has 2 aromatic carbocycles. The quantitative estimate of drug-likeness (QED) is 0.545. The Kier molecular flexibility index (Phi) is 6.32. The Morgan fingerprint density at radius 2 is 1.69 bits per heavy atom. The first-order valence-electron chi connectivity index (χ1n) is 6.95. The normalized spacial score (nSPS) is 12.2. The molecular formula is C16H10Cl2F3N3O2. The van der Waals surface area contributed by atoms with Crippen molar-refractivity contribution in [1.82, 2.24) is 5.43 Å². The fraction of sp³-hybridized carbons (Fsp3) is 0.125. The van der Waals surface area contributed by atoms with Crippen LogP contribution in [0.3, 0.4) is 0 Å². The zero-order chi connectivity index (χ0) is 19.3. The molecule has 0 fully saturated rings. The molecule has 0 radical (unpaired) electrons. The number of ether oxygens (including phenoxy) is 1. The molecule has 0 spiro atoms. The summed E-state index contributed by atoms with van der Waals surface area (Å²) < 4.78 is 40.1. The minimum Gasteiger partial charge on any atom is -0.406 e. The summed E-state index contributed by atoms with van der Waals surface area (Å²) in [5.41, 5.74) is 5.59. The Hall–Kier alpha value is -2.47. The number of rotatable bonds is 6. The van der Waals surface area contributed by atoms with Crippen molar-refractivity contribution >= 4 is 34.7 Å². The molecule has 0 bridgehead atoms. The molecule has 5 nitrogen and oxygen atoms in total. The maximum absolute atomic E-state index is 12.3. The minimum absolute atomic E-state index is 0.0319. The maximum Gasteiger partial charge on any atom is 0.573 e. The average molecular weight is 404 g/mol. The molecule has 2 N–H and O–H groups in total. The highest BCUT2D eigenvalue weighted by molar-refractivity contribution is 6.35. The van der Waals surface area contributed by atoms with Crippen LogP contribution in [0.15, 0.2) is 42.5 Å². The summed E-state index contributed by atoms with van der Waals surface area (Å²) in [4.78, 5) is 12.3. The lowest BCUT2D eigenvalue weighted by Crippen LogP contribution is -2.39. The lowest BCUT2D eigenvalue weighted by Gasteiger charge is -2.14. The van der Waals surface area contributed by atoms with Gasteiger partial charge in [0.05, 0.1) is 11.8 Å². The lowest BCUT2D eigenvalue weighted by molar-refractivity contribution is -0.274. The topological polar surface area (TPSA) is 74.2 Å². The Balaban J connectivity index is 2.05. The van der Waals surface area contributed by atoms with Gasteiger partial charge in [-0.15, -0.1) is 13.2 Å². The zero-order valence-corrected chi connectivity index (χ0v) is 14.3. The fourth-order valence-corrected chi connectivity index (χ4v) is 2.45. The van der Waals surface area contributed by atoms with Crippen LogP contribution in [0, 0.1) is 11.3 Å². The van der Waals surface area contributed by atoms with Crippen molar-refractivity contribution in [3.8, 4) is 11.8 Å². The fourth-order valence-electron chi connectivity index (χ4n) is 1.93. The first-order chi connectivity index (χ1) is 12.2. The number of nitriles is 1. The van der Waals surface area contributed by atoms with Gasteiger partial charge < -0.3 is 10.2 Å². The highest BCUT2D eigenvalue weighted by Crippen LogP contribution is 2.24. The second kappa shape index (κ2) is 8.27. The van der Waals surface area contributed by atoms with Gasteiger partial charge in [0.25, 0.3) is 0 Å². The van der Waals surface area contributed by atoms with E-state index in [1.807, 2.05) is 0 Å². The summed E-state index contributed by atoms with van der Waals surface area (Å²) in [6.07, 6.45) is -4.83. The smallest absolute Gasteiger partial charge is 0.406 e. The third-order valence-corrected chi connectivity index (χ3v) is 3.42. The third kappa shape index (κ3) is 5.81. The molecule has 136 valence electrons. The van der Waals surface area contributed by atoms with Gasteiger partial charge in [-0.2, -0.15) is 5.26 Å². The van der Waals surface area contributed by atoms with Crippen molar-refractivity contribution in [3.63, 3.8) is 0 Å². The molecule has 0 saturated carbocycles. The molecule has 0 heterocycles. The van der Waals surface area contributed by atoms with Gasteiger partial charge in [-0.1, -0.05) is 23.2 Å². The number of hydrogen-bond acceptors (Lipinski definition) is 5. The van der Waals surface area contributed by atoms with Gasteiger partial charge in [-0.3, -0.25) is 4.79 Å². The maximum atomic E-state index is 12.3. The first kappa shape index (κ1) is 19.8. The summed E-state index contributed by atoms with van der Waals surface area (Å²) >= 11 is 11.7. The van der Waals surface area contributed by atoms with Crippen LogP contribution in [0.1, 0.15) is 10.4 Å². The minimum atomic E-state index is -4.83. The number of carbonyl (C=O) groups is 1. The molecular weight excluding hydrogens is 394 g/mol. The number of benzene rings is 2. The Labute approximate surface area is 156 Å². The van der Waals surface area contributed by atoms with Gasteiger partial charge in [0.1, 0.15) is 5.75 Å². The molecule has 0 aliphatic rings. The van der Waals surface area contributed by atoms with E-state index in [0.717, 1.165) is 24.3 Å². The van der Waals surface area contributed by atoms with E-state index in [1.165, 1.54) is 18.2 Å². The van der Waals surface area contributed by atoms with Crippen molar-refractivity contribution < 1.29 is 22.7 Å². The number of nitrogens with zero attached hydrogens (tertiary/aromatic N) is 1. The van der Waals surface area contributed by atoms with Crippen LogP contribution in [-0.2, 0) is 0 Å². The Morgan fingerprint density at radius 1 is 1.12 bits per heavy atom. The second-order valence-corrected chi connectivity index (χ2v) is 5.80. The number of carbonyl (C=O) groups excluding carboxylic acids is 1.